The fourth-order valence-electron chi connectivity index (χ4n) is 15.7. The van der Waals surface area contributed by atoms with Gasteiger partial charge in [-0.3, -0.25) is 0 Å². The molecule has 0 amide bonds. The summed E-state index contributed by atoms with van der Waals surface area (Å²) in [6.45, 7) is 5.75. The number of aryl methyl sites for hydroxylation is 1. The Kier molecular flexibility index (Phi) is 8.97. The van der Waals surface area contributed by atoms with E-state index < -0.39 is 10.8 Å². The Balaban J connectivity index is 0.819. The van der Waals surface area contributed by atoms with Crippen molar-refractivity contribution in [2.75, 3.05) is 16.3 Å². The van der Waals surface area contributed by atoms with Crippen LogP contribution in [0.1, 0.15) is 92.6 Å². The van der Waals surface area contributed by atoms with Crippen LogP contribution in [-0.2, 0) is 22.7 Å². The van der Waals surface area contributed by atoms with Crippen LogP contribution in [-0.4, -0.2) is 6.54 Å². The number of para-hydroxylation sites is 3. The van der Waals surface area contributed by atoms with Crippen LogP contribution in [0.2, 0.25) is 0 Å². The SMILES string of the molecule is CC1(C)c2ccccc2N(c2ccc3c(c2)C2(c4ccccc4-c4ccccc42)c2cc(C=Cc4ccc5c(c4)C4(c6ccccc6-c6ccccc64)c4cc(N6CCCc7ccccc76)ccc4-5)ccc2-3)c2ccccc21. The van der Waals surface area contributed by atoms with Gasteiger partial charge in [0.25, 0.3) is 0 Å². The summed E-state index contributed by atoms with van der Waals surface area (Å²) in [7, 11) is 0. The molecule has 78 heavy (non-hydrogen) atoms. The second kappa shape index (κ2) is 15.9. The van der Waals surface area contributed by atoms with E-state index in [-0.39, 0.29) is 5.41 Å². The van der Waals surface area contributed by atoms with Crippen LogP contribution < -0.4 is 9.80 Å². The highest BCUT2D eigenvalue weighted by Crippen LogP contribution is 2.66. The molecule has 0 fully saturated rings. The first-order valence-corrected chi connectivity index (χ1v) is 27.9. The molecule has 0 radical (unpaired) electrons. The predicted molar refractivity (Wildman–Crippen MR) is 323 cm³/mol. The number of anilines is 5. The minimum atomic E-state index is -0.518. The van der Waals surface area contributed by atoms with Gasteiger partial charge in [0.1, 0.15) is 0 Å². The zero-order valence-corrected chi connectivity index (χ0v) is 43.8. The normalized spacial score (nSPS) is 16.1. The molecular formula is C76H54N2. The Morgan fingerprint density at radius 2 is 0.679 bits per heavy atom. The molecule has 17 rings (SSSR count). The summed E-state index contributed by atoms with van der Waals surface area (Å²) in [6, 6.07) is 92.9. The lowest BCUT2D eigenvalue weighted by Crippen LogP contribution is -2.31. The minimum absolute atomic E-state index is 0.143. The Morgan fingerprint density at radius 1 is 0.321 bits per heavy atom. The van der Waals surface area contributed by atoms with Crippen LogP contribution in [0.15, 0.2) is 243 Å². The molecule has 2 spiro atoms. The minimum Gasteiger partial charge on any atom is -0.341 e. The van der Waals surface area contributed by atoms with Crippen LogP contribution in [0.3, 0.4) is 0 Å². The first-order valence-electron chi connectivity index (χ1n) is 27.9. The van der Waals surface area contributed by atoms with Gasteiger partial charge >= 0.3 is 0 Å². The van der Waals surface area contributed by atoms with Gasteiger partial charge < -0.3 is 9.80 Å². The van der Waals surface area contributed by atoms with Gasteiger partial charge in [-0.25, -0.2) is 0 Å². The molecule has 11 aromatic carbocycles. The lowest BCUT2D eigenvalue weighted by Gasteiger charge is -2.42. The average molecular weight is 995 g/mol. The third kappa shape index (κ3) is 5.61. The maximum atomic E-state index is 2.56. The lowest BCUT2D eigenvalue weighted by atomic mass is 9.70. The van der Waals surface area contributed by atoms with E-state index in [4.69, 9.17) is 0 Å². The number of rotatable bonds is 4. The van der Waals surface area contributed by atoms with Gasteiger partial charge in [0.15, 0.2) is 0 Å². The summed E-state index contributed by atoms with van der Waals surface area (Å²) < 4.78 is 0. The van der Waals surface area contributed by atoms with E-state index in [9.17, 15) is 0 Å². The molecule has 2 aliphatic heterocycles. The van der Waals surface area contributed by atoms with Crippen molar-refractivity contribution < 1.29 is 0 Å². The van der Waals surface area contributed by atoms with E-state index in [0.29, 0.717) is 0 Å². The molecule has 0 aromatic heterocycles. The van der Waals surface area contributed by atoms with Gasteiger partial charge in [0.05, 0.1) is 22.2 Å². The molecule has 11 aromatic rings. The maximum absolute atomic E-state index is 2.56. The van der Waals surface area contributed by atoms with Crippen molar-refractivity contribution in [2.45, 2.75) is 42.9 Å². The molecular weight excluding hydrogens is 941 g/mol. The number of fused-ring (bicyclic) bond motifs is 23. The molecule has 4 aliphatic carbocycles. The van der Waals surface area contributed by atoms with E-state index in [1.165, 1.54) is 145 Å². The number of hydrogen-bond donors (Lipinski definition) is 0. The second-order valence-corrected chi connectivity index (χ2v) is 23.0. The Hall–Kier alpha value is -9.24. The summed E-state index contributed by atoms with van der Waals surface area (Å²) in [5.41, 5.74) is 32.9. The molecule has 0 unspecified atom stereocenters. The topological polar surface area (TPSA) is 6.48 Å². The molecule has 0 saturated carbocycles. The van der Waals surface area contributed by atoms with E-state index in [0.717, 1.165) is 19.4 Å². The Labute approximate surface area is 456 Å². The van der Waals surface area contributed by atoms with Crippen molar-refractivity contribution in [3.63, 3.8) is 0 Å². The third-order valence-electron chi connectivity index (χ3n) is 19.0. The molecule has 0 N–H and O–H groups in total. The molecule has 0 atom stereocenters. The lowest BCUT2D eigenvalue weighted by molar-refractivity contribution is 0.632. The summed E-state index contributed by atoms with van der Waals surface area (Å²) >= 11 is 0. The van der Waals surface area contributed by atoms with Crippen molar-refractivity contribution >= 4 is 40.6 Å². The summed E-state index contributed by atoms with van der Waals surface area (Å²) in [5.74, 6) is 0. The molecule has 2 heteroatoms. The first-order chi connectivity index (χ1) is 38.4. The van der Waals surface area contributed by atoms with Crippen LogP contribution in [0.4, 0.5) is 28.4 Å². The highest BCUT2D eigenvalue weighted by atomic mass is 15.2. The van der Waals surface area contributed by atoms with Gasteiger partial charge in [0, 0.05) is 29.0 Å². The predicted octanol–water partition coefficient (Wildman–Crippen LogP) is 18.7. The molecule has 368 valence electrons. The maximum Gasteiger partial charge on any atom is 0.0726 e. The summed E-state index contributed by atoms with van der Waals surface area (Å²) in [5, 5.41) is 0. The van der Waals surface area contributed by atoms with E-state index >= 15 is 0 Å². The third-order valence-corrected chi connectivity index (χ3v) is 19.0. The molecule has 2 nitrogen and oxygen atoms in total. The fraction of sp³-hybridized carbons (Fsp3) is 0.105. The first kappa shape index (κ1) is 43.9. The van der Waals surface area contributed by atoms with Gasteiger partial charge in [-0.1, -0.05) is 214 Å². The monoisotopic (exact) mass is 994 g/mol. The van der Waals surface area contributed by atoms with Gasteiger partial charge in [-0.15, -0.1) is 0 Å². The van der Waals surface area contributed by atoms with Gasteiger partial charge in [-0.05, 0) is 184 Å². The van der Waals surface area contributed by atoms with Crippen LogP contribution >= 0.6 is 0 Å². The van der Waals surface area contributed by atoms with E-state index in [1.54, 1.807) is 0 Å². The standard InChI is InChI=1S/C76H54N2/c1-74(2)65-28-12-15-31-72(65)78(73-32-16-13-29-66(73)74)52-38-42-60-58-40-36-49(45-68(58)76(70(60)47-52)63-26-10-6-22-55(63)56-23-7-11-27-64(56)76)34-33-48-35-39-57-59-41-37-51(77-43-17-19-50-18-3-14-30-71(50)77)46-69(59)75(67(57)44-48)61-24-8-4-20-53(61)54-21-5-9-25-62(54)75/h3-16,18,20-42,44-47H,17,19,43H2,1-2H3. The summed E-state index contributed by atoms with van der Waals surface area (Å²) in [6.07, 6.45) is 6.98. The van der Waals surface area contributed by atoms with Crippen molar-refractivity contribution in [3.8, 4) is 44.5 Å². The van der Waals surface area contributed by atoms with E-state index in [2.05, 4.69) is 278 Å². The Morgan fingerprint density at radius 3 is 1.17 bits per heavy atom. The van der Waals surface area contributed by atoms with Crippen molar-refractivity contribution in [3.05, 3.63) is 315 Å². The van der Waals surface area contributed by atoms with Gasteiger partial charge in [0.2, 0.25) is 0 Å². The largest absolute Gasteiger partial charge is 0.341 e. The highest BCUT2D eigenvalue weighted by molar-refractivity contribution is 5.99. The zero-order chi connectivity index (χ0) is 51.5. The smallest absolute Gasteiger partial charge is 0.0726 e. The Bertz CT molecular complexity index is 4290. The van der Waals surface area contributed by atoms with Crippen molar-refractivity contribution in [1.29, 1.82) is 0 Å². The highest BCUT2D eigenvalue weighted by Gasteiger charge is 2.54. The number of nitrogens with zero attached hydrogens (tertiary/aromatic N) is 2. The molecule has 0 saturated heterocycles. The van der Waals surface area contributed by atoms with Gasteiger partial charge in [-0.2, -0.15) is 0 Å². The average Bonchev–Trinajstić information content (AvgIpc) is 3.60. The second-order valence-electron chi connectivity index (χ2n) is 23.0. The molecule has 0 bridgehead atoms. The number of hydrogen-bond acceptors (Lipinski definition) is 2. The summed E-state index contributed by atoms with van der Waals surface area (Å²) in [4.78, 5) is 5.08. The van der Waals surface area contributed by atoms with Crippen molar-refractivity contribution in [2.24, 2.45) is 0 Å². The molecule has 2 heterocycles. The zero-order valence-electron chi connectivity index (χ0n) is 43.8. The van der Waals surface area contributed by atoms with Crippen LogP contribution in [0.25, 0.3) is 56.7 Å². The quantitative estimate of drug-likeness (QED) is 0.162. The number of benzene rings is 11. The van der Waals surface area contributed by atoms with Crippen molar-refractivity contribution in [1.82, 2.24) is 0 Å². The fourth-order valence-corrected chi connectivity index (χ4v) is 15.7. The van der Waals surface area contributed by atoms with Crippen LogP contribution in [0, 0.1) is 0 Å². The molecule has 6 aliphatic rings. The van der Waals surface area contributed by atoms with Crippen LogP contribution in [0.5, 0.6) is 0 Å². The van der Waals surface area contributed by atoms with E-state index in [1.807, 2.05) is 0 Å².